The lowest BCUT2D eigenvalue weighted by atomic mass is 9.98. The Kier molecular flexibility index (Phi) is 4.90. The Balaban J connectivity index is 2.89. The van der Waals surface area contributed by atoms with Crippen LogP contribution in [0, 0.1) is 5.92 Å². The SMILES string of the molecule is C=CCC(C)C(Cc1ccccc1)S(N)(=O)=O. The fourth-order valence-electron chi connectivity index (χ4n) is 1.90. The first-order valence-electron chi connectivity index (χ1n) is 5.61. The van der Waals surface area contributed by atoms with Crippen LogP contribution < -0.4 is 5.14 Å². The van der Waals surface area contributed by atoms with Crippen LogP contribution in [0.15, 0.2) is 43.0 Å². The van der Waals surface area contributed by atoms with Crippen molar-refractivity contribution in [3.8, 4) is 0 Å². The van der Waals surface area contributed by atoms with E-state index in [0.29, 0.717) is 12.8 Å². The van der Waals surface area contributed by atoms with Gasteiger partial charge < -0.3 is 0 Å². The molecule has 0 saturated heterocycles. The van der Waals surface area contributed by atoms with Gasteiger partial charge in [-0.15, -0.1) is 6.58 Å². The van der Waals surface area contributed by atoms with Crippen molar-refractivity contribution in [1.82, 2.24) is 0 Å². The molecule has 17 heavy (non-hydrogen) atoms. The van der Waals surface area contributed by atoms with E-state index in [1.807, 2.05) is 37.3 Å². The van der Waals surface area contributed by atoms with E-state index in [1.165, 1.54) is 0 Å². The Morgan fingerprint density at radius 3 is 2.41 bits per heavy atom. The summed E-state index contributed by atoms with van der Waals surface area (Å²) in [5, 5.41) is 4.74. The van der Waals surface area contributed by atoms with Crippen molar-refractivity contribution in [2.24, 2.45) is 11.1 Å². The van der Waals surface area contributed by atoms with Crippen LogP contribution in [0.25, 0.3) is 0 Å². The number of hydrogen-bond donors (Lipinski definition) is 1. The van der Waals surface area contributed by atoms with Gasteiger partial charge in [0.1, 0.15) is 0 Å². The van der Waals surface area contributed by atoms with Crippen molar-refractivity contribution in [2.45, 2.75) is 25.0 Å². The van der Waals surface area contributed by atoms with Gasteiger partial charge in [0.15, 0.2) is 0 Å². The predicted molar refractivity (Wildman–Crippen MR) is 71.0 cm³/mol. The molecule has 0 heterocycles. The second-order valence-corrected chi connectivity index (χ2v) is 6.10. The molecule has 1 rings (SSSR count). The van der Waals surface area contributed by atoms with E-state index >= 15 is 0 Å². The van der Waals surface area contributed by atoms with Crippen LogP contribution in [-0.4, -0.2) is 13.7 Å². The zero-order valence-corrected chi connectivity index (χ0v) is 10.9. The second kappa shape index (κ2) is 5.98. The fourth-order valence-corrected chi connectivity index (χ4v) is 3.09. The Morgan fingerprint density at radius 1 is 1.35 bits per heavy atom. The highest BCUT2D eigenvalue weighted by molar-refractivity contribution is 7.89. The van der Waals surface area contributed by atoms with Gasteiger partial charge in [-0.05, 0) is 24.3 Å². The highest BCUT2D eigenvalue weighted by Gasteiger charge is 2.27. The van der Waals surface area contributed by atoms with E-state index in [4.69, 9.17) is 5.14 Å². The molecule has 1 aromatic rings. The molecule has 0 saturated carbocycles. The van der Waals surface area contributed by atoms with Crippen molar-refractivity contribution in [2.75, 3.05) is 0 Å². The molecular formula is C13H19NO2S. The summed E-state index contributed by atoms with van der Waals surface area (Å²) in [5.41, 5.74) is 0.988. The summed E-state index contributed by atoms with van der Waals surface area (Å²) in [6, 6.07) is 9.53. The Hall–Kier alpha value is -1.13. The van der Waals surface area contributed by atoms with Crippen LogP contribution in [0.4, 0.5) is 0 Å². The summed E-state index contributed by atoms with van der Waals surface area (Å²) >= 11 is 0. The monoisotopic (exact) mass is 253 g/mol. The van der Waals surface area contributed by atoms with E-state index in [1.54, 1.807) is 6.08 Å². The van der Waals surface area contributed by atoms with E-state index in [9.17, 15) is 8.42 Å². The lowest BCUT2D eigenvalue weighted by Gasteiger charge is -2.21. The topological polar surface area (TPSA) is 60.2 Å². The molecule has 1 aromatic carbocycles. The number of primary sulfonamides is 1. The van der Waals surface area contributed by atoms with Crippen molar-refractivity contribution in [3.05, 3.63) is 48.6 Å². The minimum Gasteiger partial charge on any atom is -0.228 e. The maximum atomic E-state index is 11.6. The van der Waals surface area contributed by atoms with Gasteiger partial charge in [-0.2, -0.15) is 0 Å². The maximum absolute atomic E-state index is 11.6. The molecule has 0 bridgehead atoms. The zero-order valence-electron chi connectivity index (χ0n) is 10.0. The van der Waals surface area contributed by atoms with Gasteiger partial charge in [0.25, 0.3) is 0 Å². The van der Waals surface area contributed by atoms with Crippen molar-refractivity contribution in [3.63, 3.8) is 0 Å². The molecule has 3 nitrogen and oxygen atoms in total. The summed E-state index contributed by atoms with van der Waals surface area (Å²) in [6.07, 6.45) is 2.83. The fraction of sp³-hybridized carbons (Fsp3) is 0.385. The summed E-state index contributed by atoms with van der Waals surface area (Å²) < 4.78 is 23.2. The molecule has 4 heteroatoms. The molecule has 0 aliphatic rings. The average Bonchev–Trinajstić information content (AvgIpc) is 2.26. The largest absolute Gasteiger partial charge is 0.228 e. The third kappa shape index (κ3) is 4.32. The number of benzene rings is 1. The molecule has 2 N–H and O–H groups in total. The molecule has 0 aliphatic heterocycles. The Labute approximate surface area is 103 Å². The molecular weight excluding hydrogens is 234 g/mol. The lowest BCUT2D eigenvalue weighted by molar-refractivity contribution is 0.505. The zero-order chi connectivity index (χ0) is 12.9. The average molecular weight is 253 g/mol. The van der Waals surface area contributed by atoms with E-state index in [2.05, 4.69) is 6.58 Å². The minimum absolute atomic E-state index is 0.0253. The molecule has 2 atom stereocenters. The van der Waals surface area contributed by atoms with Gasteiger partial charge in [-0.3, -0.25) is 0 Å². The minimum atomic E-state index is -3.53. The summed E-state index contributed by atoms with van der Waals surface area (Å²) in [4.78, 5) is 0. The van der Waals surface area contributed by atoms with Gasteiger partial charge in [-0.1, -0.05) is 43.3 Å². The summed E-state index contributed by atoms with van der Waals surface area (Å²) in [6.45, 7) is 5.53. The number of sulfonamides is 1. The molecule has 0 amide bonds. The third-order valence-electron chi connectivity index (χ3n) is 2.87. The van der Waals surface area contributed by atoms with Crippen LogP contribution in [-0.2, 0) is 16.4 Å². The first kappa shape index (κ1) is 13.9. The second-order valence-electron chi connectivity index (χ2n) is 4.32. The Bertz CT molecular complexity index is 454. The standard InChI is InChI=1S/C13H19NO2S/c1-3-7-11(2)13(17(14,15)16)10-12-8-5-4-6-9-12/h3-6,8-9,11,13H,1,7,10H2,2H3,(H2,14,15,16). The van der Waals surface area contributed by atoms with Gasteiger partial charge in [0.05, 0.1) is 5.25 Å². The smallest absolute Gasteiger partial charge is 0.212 e. The van der Waals surface area contributed by atoms with Crippen LogP contribution in [0.1, 0.15) is 18.9 Å². The van der Waals surface area contributed by atoms with Crippen LogP contribution in [0.5, 0.6) is 0 Å². The number of allylic oxidation sites excluding steroid dienone is 1. The number of hydrogen-bond acceptors (Lipinski definition) is 2. The number of rotatable bonds is 6. The molecule has 0 fully saturated rings. The van der Waals surface area contributed by atoms with E-state index in [0.717, 1.165) is 5.56 Å². The summed E-state index contributed by atoms with van der Waals surface area (Å²) in [7, 11) is -3.53. The van der Waals surface area contributed by atoms with Crippen molar-refractivity contribution < 1.29 is 8.42 Å². The first-order chi connectivity index (χ1) is 7.95. The van der Waals surface area contributed by atoms with Crippen LogP contribution in [0.3, 0.4) is 0 Å². The van der Waals surface area contributed by atoms with Crippen molar-refractivity contribution in [1.29, 1.82) is 0 Å². The highest BCUT2D eigenvalue weighted by atomic mass is 32.2. The molecule has 2 unspecified atom stereocenters. The number of nitrogens with two attached hydrogens (primary N) is 1. The molecule has 0 aromatic heterocycles. The highest BCUT2D eigenvalue weighted by Crippen LogP contribution is 2.19. The lowest BCUT2D eigenvalue weighted by Crippen LogP contribution is -2.35. The van der Waals surface area contributed by atoms with Gasteiger partial charge in [-0.25, -0.2) is 13.6 Å². The summed E-state index contributed by atoms with van der Waals surface area (Å²) in [5.74, 6) is -0.0253. The molecule has 0 radical (unpaired) electrons. The van der Waals surface area contributed by atoms with Crippen LogP contribution >= 0.6 is 0 Å². The van der Waals surface area contributed by atoms with E-state index < -0.39 is 15.3 Å². The maximum Gasteiger partial charge on any atom is 0.212 e. The Morgan fingerprint density at radius 2 is 1.94 bits per heavy atom. The van der Waals surface area contributed by atoms with Crippen molar-refractivity contribution >= 4 is 10.0 Å². The first-order valence-corrected chi connectivity index (χ1v) is 7.22. The normalized spacial score (nSPS) is 15.2. The quantitative estimate of drug-likeness (QED) is 0.789. The van der Waals surface area contributed by atoms with Gasteiger partial charge in [0, 0.05) is 0 Å². The molecule has 94 valence electrons. The van der Waals surface area contributed by atoms with Gasteiger partial charge >= 0.3 is 0 Å². The third-order valence-corrected chi connectivity index (χ3v) is 4.35. The molecule has 0 spiro atoms. The van der Waals surface area contributed by atoms with E-state index in [-0.39, 0.29) is 5.92 Å². The van der Waals surface area contributed by atoms with Gasteiger partial charge in [0.2, 0.25) is 10.0 Å². The molecule has 0 aliphatic carbocycles. The van der Waals surface area contributed by atoms with Crippen LogP contribution in [0.2, 0.25) is 0 Å². The predicted octanol–water partition coefficient (Wildman–Crippen LogP) is 2.10.